The first kappa shape index (κ1) is 12.9. The molecule has 98 valence electrons. The zero-order chi connectivity index (χ0) is 13.3. The van der Waals surface area contributed by atoms with Crippen LogP contribution in [0.4, 0.5) is 11.4 Å². The van der Waals surface area contributed by atoms with Gasteiger partial charge in [-0.25, -0.2) is 0 Å². The molecule has 1 unspecified atom stereocenters. The Balaban J connectivity index is 2.30. The van der Waals surface area contributed by atoms with Crippen LogP contribution in [0.3, 0.4) is 0 Å². The Morgan fingerprint density at radius 2 is 2.00 bits per heavy atom. The minimum Gasteiger partial charge on any atom is -0.391 e. The second kappa shape index (κ2) is 4.61. The Morgan fingerprint density at radius 3 is 2.56 bits per heavy atom. The second-order valence-electron chi connectivity index (χ2n) is 5.75. The molecule has 0 spiro atoms. The SMILES string of the molecule is CC(C)(C)Nc1ccccc1N1CC(O)CC1=O. The Kier molecular flexibility index (Phi) is 3.30. The number of carbonyl (C=O) groups is 1. The van der Waals surface area contributed by atoms with Gasteiger partial charge < -0.3 is 15.3 Å². The number of aliphatic hydroxyl groups excluding tert-OH is 1. The average molecular weight is 248 g/mol. The third-order valence-corrected chi connectivity index (χ3v) is 2.81. The Hall–Kier alpha value is -1.55. The summed E-state index contributed by atoms with van der Waals surface area (Å²) in [4.78, 5) is 13.5. The fourth-order valence-corrected chi connectivity index (χ4v) is 2.14. The number of hydrogen-bond acceptors (Lipinski definition) is 3. The van der Waals surface area contributed by atoms with Crippen molar-refractivity contribution in [3.63, 3.8) is 0 Å². The van der Waals surface area contributed by atoms with Crippen molar-refractivity contribution in [3.05, 3.63) is 24.3 Å². The van der Waals surface area contributed by atoms with Crippen LogP contribution >= 0.6 is 0 Å². The van der Waals surface area contributed by atoms with E-state index in [1.807, 2.05) is 24.3 Å². The molecule has 1 heterocycles. The third-order valence-electron chi connectivity index (χ3n) is 2.81. The maximum atomic E-state index is 11.8. The summed E-state index contributed by atoms with van der Waals surface area (Å²) in [6.45, 7) is 6.60. The predicted molar refractivity (Wildman–Crippen MR) is 72.8 cm³/mol. The number of aliphatic hydroxyl groups is 1. The molecule has 0 saturated carbocycles. The highest BCUT2D eigenvalue weighted by Gasteiger charge is 2.30. The van der Waals surface area contributed by atoms with E-state index in [1.54, 1.807) is 4.90 Å². The quantitative estimate of drug-likeness (QED) is 0.841. The normalized spacial score (nSPS) is 20.3. The maximum Gasteiger partial charge on any atom is 0.229 e. The largest absolute Gasteiger partial charge is 0.391 e. The molecule has 0 bridgehead atoms. The van der Waals surface area contributed by atoms with E-state index in [0.29, 0.717) is 6.54 Å². The first-order valence-electron chi connectivity index (χ1n) is 6.22. The maximum absolute atomic E-state index is 11.8. The van der Waals surface area contributed by atoms with E-state index < -0.39 is 6.10 Å². The minimum atomic E-state index is -0.555. The van der Waals surface area contributed by atoms with Gasteiger partial charge in [-0.3, -0.25) is 4.79 Å². The predicted octanol–water partition coefficient (Wildman–Crippen LogP) is 1.99. The second-order valence-corrected chi connectivity index (χ2v) is 5.75. The smallest absolute Gasteiger partial charge is 0.229 e. The van der Waals surface area contributed by atoms with Gasteiger partial charge in [-0.15, -0.1) is 0 Å². The Labute approximate surface area is 108 Å². The number of nitrogens with one attached hydrogen (secondary N) is 1. The van der Waals surface area contributed by atoms with E-state index in [0.717, 1.165) is 11.4 Å². The van der Waals surface area contributed by atoms with Crippen molar-refractivity contribution < 1.29 is 9.90 Å². The summed E-state index contributed by atoms with van der Waals surface area (Å²) in [5.41, 5.74) is 1.69. The molecule has 1 saturated heterocycles. The van der Waals surface area contributed by atoms with Crippen LogP contribution in [0.15, 0.2) is 24.3 Å². The first-order valence-corrected chi connectivity index (χ1v) is 6.22. The van der Waals surface area contributed by atoms with Crippen molar-refractivity contribution in [2.45, 2.75) is 38.8 Å². The van der Waals surface area contributed by atoms with Crippen molar-refractivity contribution in [2.24, 2.45) is 0 Å². The number of β-amino-alcohol motifs (C(OH)–C–C–N with tert-alkyl or cyclic N) is 1. The van der Waals surface area contributed by atoms with Crippen LogP contribution in [-0.4, -0.2) is 29.2 Å². The molecule has 2 N–H and O–H groups in total. The molecule has 4 heteroatoms. The van der Waals surface area contributed by atoms with E-state index in [9.17, 15) is 9.90 Å². The van der Waals surface area contributed by atoms with Crippen LogP contribution in [0.5, 0.6) is 0 Å². The fraction of sp³-hybridized carbons (Fsp3) is 0.500. The van der Waals surface area contributed by atoms with Gasteiger partial charge in [0, 0.05) is 5.54 Å². The van der Waals surface area contributed by atoms with E-state index in [-0.39, 0.29) is 17.9 Å². The molecule has 1 amide bonds. The van der Waals surface area contributed by atoms with Crippen molar-refractivity contribution in [1.82, 2.24) is 0 Å². The molecule has 2 rings (SSSR count). The number of rotatable bonds is 2. The Morgan fingerprint density at radius 1 is 1.33 bits per heavy atom. The van der Waals surface area contributed by atoms with Crippen LogP contribution in [-0.2, 0) is 4.79 Å². The van der Waals surface area contributed by atoms with Crippen molar-refractivity contribution in [2.75, 3.05) is 16.8 Å². The topological polar surface area (TPSA) is 52.6 Å². The average Bonchev–Trinajstić information content (AvgIpc) is 2.56. The highest BCUT2D eigenvalue weighted by molar-refractivity contribution is 5.99. The molecule has 1 aliphatic heterocycles. The molecule has 0 aromatic heterocycles. The number of amides is 1. The zero-order valence-corrected chi connectivity index (χ0v) is 11.1. The van der Waals surface area contributed by atoms with Crippen molar-refractivity contribution in [3.8, 4) is 0 Å². The summed E-state index contributed by atoms with van der Waals surface area (Å²) in [5, 5.41) is 13.0. The van der Waals surface area contributed by atoms with Gasteiger partial charge in [0.05, 0.1) is 30.4 Å². The summed E-state index contributed by atoms with van der Waals surface area (Å²) in [6.07, 6.45) is -0.343. The Bertz CT molecular complexity index is 451. The van der Waals surface area contributed by atoms with Crippen LogP contribution < -0.4 is 10.2 Å². The fourth-order valence-electron chi connectivity index (χ4n) is 2.14. The van der Waals surface area contributed by atoms with Crippen LogP contribution in [0.1, 0.15) is 27.2 Å². The zero-order valence-electron chi connectivity index (χ0n) is 11.1. The summed E-state index contributed by atoms with van der Waals surface area (Å²) in [7, 11) is 0. The number of para-hydroxylation sites is 2. The summed E-state index contributed by atoms with van der Waals surface area (Å²) in [6, 6.07) is 7.71. The molecule has 1 aromatic rings. The highest BCUT2D eigenvalue weighted by atomic mass is 16.3. The third kappa shape index (κ3) is 2.82. The molecule has 18 heavy (non-hydrogen) atoms. The number of hydrogen-bond donors (Lipinski definition) is 2. The van der Waals surface area contributed by atoms with Gasteiger partial charge in [-0.2, -0.15) is 0 Å². The van der Waals surface area contributed by atoms with Gasteiger partial charge >= 0.3 is 0 Å². The lowest BCUT2D eigenvalue weighted by Crippen LogP contribution is -2.30. The summed E-state index contributed by atoms with van der Waals surface area (Å²) in [5.74, 6) is -0.0225. The standard InChI is InChI=1S/C14H20N2O2/c1-14(2,3)15-11-6-4-5-7-12(11)16-9-10(17)8-13(16)18/h4-7,10,15,17H,8-9H2,1-3H3. The van der Waals surface area contributed by atoms with E-state index in [4.69, 9.17) is 0 Å². The van der Waals surface area contributed by atoms with Crippen LogP contribution in [0, 0.1) is 0 Å². The molecule has 1 aromatic carbocycles. The van der Waals surface area contributed by atoms with Gasteiger partial charge in [-0.05, 0) is 32.9 Å². The van der Waals surface area contributed by atoms with Gasteiger partial charge in [0.15, 0.2) is 0 Å². The van der Waals surface area contributed by atoms with Crippen LogP contribution in [0.2, 0.25) is 0 Å². The lowest BCUT2D eigenvalue weighted by molar-refractivity contribution is -0.117. The summed E-state index contributed by atoms with van der Waals surface area (Å²) >= 11 is 0. The number of carbonyl (C=O) groups excluding carboxylic acids is 1. The van der Waals surface area contributed by atoms with Gasteiger partial charge in [0.1, 0.15) is 0 Å². The lowest BCUT2D eigenvalue weighted by Gasteiger charge is -2.27. The highest BCUT2D eigenvalue weighted by Crippen LogP contribution is 2.31. The molecular weight excluding hydrogens is 228 g/mol. The van der Waals surface area contributed by atoms with E-state index >= 15 is 0 Å². The van der Waals surface area contributed by atoms with Crippen molar-refractivity contribution in [1.29, 1.82) is 0 Å². The molecule has 1 atom stereocenters. The minimum absolute atomic E-state index is 0.0225. The number of benzene rings is 1. The molecule has 0 aliphatic carbocycles. The number of nitrogens with zero attached hydrogens (tertiary/aromatic N) is 1. The molecule has 1 aliphatic rings. The van der Waals surface area contributed by atoms with Gasteiger partial charge in [0.25, 0.3) is 0 Å². The molecule has 4 nitrogen and oxygen atoms in total. The van der Waals surface area contributed by atoms with Gasteiger partial charge in [-0.1, -0.05) is 12.1 Å². The summed E-state index contributed by atoms with van der Waals surface area (Å²) < 4.78 is 0. The van der Waals surface area contributed by atoms with Crippen LogP contribution in [0.25, 0.3) is 0 Å². The lowest BCUT2D eigenvalue weighted by atomic mass is 10.1. The molecular formula is C14H20N2O2. The van der Waals surface area contributed by atoms with E-state index in [1.165, 1.54) is 0 Å². The first-order chi connectivity index (χ1) is 8.37. The monoisotopic (exact) mass is 248 g/mol. The molecule has 1 fully saturated rings. The van der Waals surface area contributed by atoms with E-state index in [2.05, 4.69) is 26.1 Å². The molecule has 0 radical (unpaired) electrons. The van der Waals surface area contributed by atoms with Crippen molar-refractivity contribution >= 4 is 17.3 Å². The number of anilines is 2. The van der Waals surface area contributed by atoms with Gasteiger partial charge in [0.2, 0.25) is 5.91 Å².